The van der Waals surface area contributed by atoms with Crippen LogP contribution >= 0.6 is 0 Å². The van der Waals surface area contributed by atoms with Gasteiger partial charge in [-0.25, -0.2) is 9.78 Å². The summed E-state index contributed by atoms with van der Waals surface area (Å²) in [4.78, 5) is 15.5. The Bertz CT molecular complexity index is 467. The molecule has 0 aliphatic carbocycles. The van der Waals surface area contributed by atoms with E-state index in [-0.39, 0.29) is 11.4 Å². The van der Waals surface area contributed by atoms with E-state index in [0.29, 0.717) is 18.1 Å². The van der Waals surface area contributed by atoms with Crippen molar-refractivity contribution in [1.29, 1.82) is 0 Å². The maximum Gasteiger partial charge on any atom is 0.341 e. The van der Waals surface area contributed by atoms with Gasteiger partial charge < -0.3 is 14.6 Å². The molecule has 5 heteroatoms. The molecular weight excluding hydrogens is 246 g/mol. The molecule has 2 rings (SSSR count). The van der Waals surface area contributed by atoms with Gasteiger partial charge >= 0.3 is 5.97 Å². The number of ether oxygens (including phenoxy) is 2. The number of aromatic carboxylic acids is 1. The van der Waals surface area contributed by atoms with E-state index in [2.05, 4.69) is 4.98 Å². The highest BCUT2D eigenvalue weighted by Gasteiger charge is 2.20. The van der Waals surface area contributed by atoms with Crippen LogP contribution < -0.4 is 4.74 Å². The first kappa shape index (κ1) is 13.8. The molecule has 1 N–H and O–H groups in total. The highest BCUT2D eigenvalue weighted by Crippen LogP contribution is 2.23. The molecule has 2 heterocycles. The molecule has 0 spiro atoms. The summed E-state index contributed by atoms with van der Waals surface area (Å²) < 4.78 is 10.9. The van der Waals surface area contributed by atoms with Crippen molar-refractivity contribution in [3.63, 3.8) is 0 Å². The van der Waals surface area contributed by atoms with E-state index in [9.17, 15) is 9.90 Å². The summed E-state index contributed by atoms with van der Waals surface area (Å²) in [6, 6.07) is 1.75. The van der Waals surface area contributed by atoms with Crippen LogP contribution in [0.2, 0.25) is 0 Å². The van der Waals surface area contributed by atoms with Gasteiger partial charge in [-0.2, -0.15) is 0 Å². The molecule has 0 atom stereocenters. The van der Waals surface area contributed by atoms with E-state index in [4.69, 9.17) is 9.47 Å². The van der Waals surface area contributed by atoms with Gasteiger partial charge in [0.05, 0.1) is 6.61 Å². The predicted octanol–water partition coefficient (Wildman–Crippen LogP) is 2.20. The Morgan fingerprint density at radius 2 is 2.16 bits per heavy atom. The second-order valence-electron chi connectivity index (χ2n) is 4.93. The standard InChI is InChI=1S/C14H19NO4/c1-9-7-10(2)15-13(12(9)14(16)17)19-8-11-3-5-18-6-4-11/h7,11H,3-6,8H2,1-2H3,(H,16,17). The van der Waals surface area contributed by atoms with Crippen LogP contribution in [-0.4, -0.2) is 35.9 Å². The molecule has 1 saturated heterocycles. The normalized spacial score (nSPS) is 16.3. The first-order valence-corrected chi connectivity index (χ1v) is 6.50. The monoisotopic (exact) mass is 265 g/mol. The van der Waals surface area contributed by atoms with E-state index in [0.717, 1.165) is 31.7 Å². The second-order valence-corrected chi connectivity index (χ2v) is 4.93. The van der Waals surface area contributed by atoms with Crippen LogP contribution in [0.1, 0.15) is 34.5 Å². The van der Waals surface area contributed by atoms with Crippen LogP contribution in [0, 0.1) is 19.8 Å². The minimum atomic E-state index is -0.994. The topological polar surface area (TPSA) is 68.7 Å². The molecule has 1 fully saturated rings. The minimum absolute atomic E-state index is 0.164. The number of pyridine rings is 1. The summed E-state index contributed by atoms with van der Waals surface area (Å²) in [6.07, 6.45) is 1.90. The third-order valence-corrected chi connectivity index (χ3v) is 3.32. The number of carbonyl (C=O) groups is 1. The number of rotatable bonds is 4. The summed E-state index contributed by atoms with van der Waals surface area (Å²) in [6.45, 7) is 5.60. The van der Waals surface area contributed by atoms with Crippen molar-refractivity contribution < 1.29 is 19.4 Å². The molecular formula is C14H19NO4. The summed E-state index contributed by atoms with van der Waals surface area (Å²) in [5.41, 5.74) is 1.61. The van der Waals surface area contributed by atoms with E-state index in [1.54, 1.807) is 13.0 Å². The minimum Gasteiger partial charge on any atom is -0.477 e. The number of hydrogen-bond acceptors (Lipinski definition) is 4. The molecule has 0 radical (unpaired) electrons. The zero-order valence-corrected chi connectivity index (χ0v) is 11.3. The molecule has 1 aromatic heterocycles. The van der Waals surface area contributed by atoms with Crippen LogP contribution in [0.25, 0.3) is 0 Å². The molecule has 0 aromatic carbocycles. The van der Waals surface area contributed by atoms with E-state index >= 15 is 0 Å². The Morgan fingerprint density at radius 1 is 1.47 bits per heavy atom. The van der Waals surface area contributed by atoms with Gasteiger partial charge in [0, 0.05) is 18.9 Å². The Morgan fingerprint density at radius 3 is 2.79 bits per heavy atom. The van der Waals surface area contributed by atoms with Crippen molar-refractivity contribution >= 4 is 5.97 Å². The lowest BCUT2D eigenvalue weighted by Crippen LogP contribution is -2.22. The molecule has 1 aromatic rings. The fourth-order valence-electron chi connectivity index (χ4n) is 2.28. The number of hydrogen-bond donors (Lipinski definition) is 1. The molecule has 0 amide bonds. The van der Waals surface area contributed by atoms with Gasteiger partial charge in [-0.3, -0.25) is 0 Å². The molecule has 0 bridgehead atoms. The Hall–Kier alpha value is -1.62. The Labute approximate surface area is 112 Å². The highest BCUT2D eigenvalue weighted by atomic mass is 16.5. The van der Waals surface area contributed by atoms with Crippen molar-refractivity contribution in [2.24, 2.45) is 5.92 Å². The molecule has 1 aliphatic heterocycles. The quantitative estimate of drug-likeness (QED) is 0.903. The molecule has 104 valence electrons. The molecule has 19 heavy (non-hydrogen) atoms. The number of carboxylic acid groups (broad SMARTS) is 1. The Balaban J connectivity index is 2.12. The van der Waals surface area contributed by atoms with Crippen LogP contribution in [-0.2, 0) is 4.74 Å². The lowest BCUT2D eigenvalue weighted by atomic mass is 10.0. The molecule has 0 saturated carbocycles. The largest absolute Gasteiger partial charge is 0.477 e. The molecule has 5 nitrogen and oxygen atoms in total. The van der Waals surface area contributed by atoms with Gasteiger partial charge in [0.1, 0.15) is 5.56 Å². The number of nitrogens with zero attached hydrogens (tertiary/aromatic N) is 1. The van der Waals surface area contributed by atoms with E-state index in [1.807, 2.05) is 6.92 Å². The fourth-order valence-corrected chi connectivity index (χ4v) is 2.28. The van der Waals surface area contributed by atoms with Crippen molar-refractivity contribution in [1.82, 2.24) is 4.98 Å². The smallest absolute Gasteiger partial charge is 0.341 e. The maximum absolute atomic E-state index is 11.3. The van der Waals surface area contributed by atoms with Gasteiger partial charge in [-0.05, 0) is 44.2 Å². The third kappa shape index (κ3) is 3.44. The first-order valence-electron chi connectivity index (χ1n) is 6.50. The van der Waals surface area contributed by atoms with Crippen LogP contribution in [0.5, 0.6) is 5.88 Å². The summed E-state index contributed by atoms with van der Waals surface area (Å²) in [7, 11) is 0. The zero-order valence-electron chi connectivity index (χ0n) is 11.3. The van der Waals surface area contributed by atoms with E-state index in [1.165, 1.54) is 0 Å². The van der Waals surface area contributed by atoms with Gasteiger partial charge in [0.2, 0.25) is 5.88 Å². The molecule has 1 aliphatic rings. The lowest BCUT2D eigenvalue weighted by Gasteiger charge is -2.22. The summed E-state index contributed by atoms with van der Waals surface area (Å²) >= 11 is 0. The maximum atomic E-state index is 11.3. The van der Waals surface area contributed by atoms with Crippen LogP contribution in [0.3, 0.4) is 0 Å². The van der Waals surface area contributed by atoms with Crippen LogP contribution in [0.4, 0.5) is 0 Å². The zero-order chi connectivity index (χ0) is 13.8. The first-order chi connectivity index (χ1) is 9.08. The fraction of sp³-hybridized carbons (Fsp3) is 0.571. The number of carboxylic acids is 1. The SMILES string of the molecule is Cc1cc(C)c(C(=O)O)c(OCC2CCOCC2)n1. The van der Waals surface area contributed by atoms with Gasteiger partial charge in [0.25, 0.3) is 0 Å². The van der Waals surface area contributed by atoms with Crippen molar-refractivity contribution in [2.45, 2.75) is 26.7 Å². The third-order valence-electron chi connectivity index (χ3n) is 3.32. The lowest BCUT2D eigenvalue weighted by molar-refractivity contribution is 0.0481. The second kappa shape index (κ2) is 6.02. The predicted molar refractivity (Wildman–Crippen MR) is 69.7 cm³/mol. The number of aryl methyl sites for hydroxylation is 2. The highest BCUT2D eigenvalue weighted by molar-refractivity contribution is 5.91. The van der Waals surface area contributed by atoms with Crippen molar-refractivity contribution in [2.75, 3.05) is 19.8 Å². The van der Waals surface area contributed by atoms with E-state index < -0.39 is 5.97 Å². The Kier molecular flexibility index (Phi) is 4.37. The summed E-state index contributed by atoms with van der Waals surface area (Å²) in [5, 5.41) is 9.23. The summed E-state index contributed by atoms with van der Waals surface area (Å²) in [5.74, 6) is -0.346. The average molecular weight is 265 g/mol. The van der Waals surface area contributed by atoms with Crippen LogP contribution in [0.15, 0.2) is 6.07 Å². The van der Waals surface area contributed by atoms with Gasteiger partial charge in [-0.1, -0.05) is 0 Å². The van der Waals surface area contributed by atoms with Gasteiger partial charge in [0.15, 0.2) is 0 Å². The number of aromatic nitrogens is 1. The van der Waals surface area contributed by atoms with Crippen molar-refractivity contribution in [3.8, 4) is 5.88 Å². The average Bonchev–Trinajstić information content (AvgIpc) is 2.36. The van der Waals surface area contributed by atoms with Crippen molar-refractivity contribution in [3.05, 3.63) is 22.9 Å². The molecule has 0 unspecified atom stereocenters. The van der Waals surface area contributed by atoms with Gasteiger partial charge in [-0.15, -0.1) is 0 Å².